The molecule has 0 saturated carbocycles. The van der Waals surface area contributed by atoms with E-state index in [2.05, 4.69) is 0 Å². The van der Waals surface area contributed by atoms with Gasteiger partial charge in [-0.15, -0.1) is 0 Å². The van der Waals surface area contributed by atoms with Gasteiger partial charge in [-0.2, -0.15) is 0 Å². The van der Waals surface area contributed by atoms with Crippen molar-refractivity contribution in [3.05, 3.63) is 47.5 Å². The molecule has 20 heavy (non-hydrogen) atoms. The van der Waals surface area contributed by atoms with E-state index in [0.29, 0.717) is 18.1 Å². The normalized spacial score (nSPS) is 11.0. The number of carboxylic acids is 1. The zero-order valence-corrected chi connectivity index (χ0v) is 11.4. The van der Waals surface area contributed by atoms with E-state index in [1.54, 1.807) is 24.1 Å². The Morgan fingerprint density at radius 3 is 2.75 bits per heavy atom. The standard InChI is InChI=1S/C15H16FNO3/c1-10-7-11(16)3-5-13(10)14-6-4-12(20-14)8-17(2)9-15(18)19/h3-7H,8-9H2,1-2H3,(H,18,19). The van der Waals surface area contributed by atoms with Crippen LogP contribution in [0.4, 0.5) is 4.39 Å². The number of halogens is 1. The number of aryl methyl sites for hydroxylation is 1. The summed E-state index contributed by atoms with van der Waals surface area (Å²) in [7, 11) is 1.71. The molecule has 0 atom stereocenters. The molecule has 4 nitrogen and oxygen atoms in total. The highest BCUT2D eigenvalue weighted by Crippen LogP contribution is 2.26. The molecule has 1 aromatic carbocycles. The monoisotopic (exact) mass is 277 g/mol. The van der Waals surface area contributed by atoms with Gasteiger partial charge in [0.1, 0.15) is 17.3 Å². The van der Waals surface area contributed by atoms with Crippen molar-refractivity contribution in [1.82, 2.24) is 4.90 Å². The molecule has 2 aromatic rings. The van der Waals surface area contributed by atoms with Gasteiger partial charge < -0.3 is 9.52 Å². The highest BCUT2D eigenvalue weighted by Gasteiger charge is 2.11. The average molecular weight is 277 g/mol. The molecule has 0 bridgehead atoms. The highest BCUT2D eigenvalue weighted by molar-refractivity contribution is 5.69. The van der Waals surface area contributed by atoms with Crippen LogP contribution in [0.5, 0.6) is 0 Å². The van der Waals surface area contributed by atoms with Crippen molar-refractivity contribution in [3.63, 3.8) is 0 Å². The number of benzene rings is 1. The van der Waals surface area contributed by atoms with Gasteiger partial charge in [0, 0.05) is 5.56 Å². The third kappa shape index (κ3) is 3.45. The number of furan rings is 1. The van der Waals surface area contributed by atoms with Crippen molar-refractivity contribution in [2.24, 2.45) is 0 Å². The molecule has 0 fully saturated rings. The molecule has 0 aliphatic rings. The first-order valence-corrected chi connectivity index (χ1v) is 6.21. The van der Waals surface area contributed by atoms with E-state index in [0.717, 1.165) is 11.1 Å². The second kappa shape index (κ2) is 5.88. The van der Waals surface area contributed by atoms with E-state index in [1.165, 1.54) is 12.1 Å². The maximum atomic E-state index is 13.1. The number of nitrogens with zero attached hydrogens (tertiary/aromatic N) is 1. The molecular weight excluding hydrogens is 261 g/mol. The van der Waals surface area contributed by atoms with Gasteiger partial charge in [0.05, 0.1) is 13.1 Å². The van der Waals surface area contributed by atoms with Gasteiger partial charge in [-0.25, -0.2) is 4.39 Å². The summed E-state index contributed by atoms with van der Waals surface area (Å²) in [6.45, 7) is 2.18. The second-order valence-electron chi connectivity index (χ2n) is 4.79. The van der Waals surface area contributed by atoms with Crippen molar-refractivity contribution in [1.29, 1.82) is 0 Å². The Morgan fingerprint density at radius 1 is 1.35 bits per heavy atom. The SMILES string of the molecule is Cc1cc(F)ccc1-c1ccc(CN(C)CC(=O)O)o1. The number of carbonyl (C=O) groups is 1. The van der Waals surface area contributed by atoms with E-state index in [1.807, 2.05) is 13.0 Å². The molecule has 0 amide bonds. The maximum Gasteiger partial charge on any atom is 0.317 e. The van der Waals surface area contributed by atoms with E-state index < -0.39 is 5.97 Å². The Labute approximate surface area is 116 Å². The summed E-state index contributed by atoms with van der Waals surface area (Å²) in [5.74, 6) is 0.168. The molecule has 1 aromatic heterocycles. The summed E-state index contributed by atoms with van der Waals surface area (Å²) in [6, 6.07) is 8.13. The molecule has 106 valence electrons. The summed E-state index contributed by atoms with van der Waals surface area (Å²) in [5.41, 5.74) is 1.63. The molecule has 2 rings (SSSR count). The van der Waals surface area contributed by atoms with Crippen molar-refractivity contribution in [2.75, 3.05) is 13.6 Å². The summed E-state index contributed by atoms with van der Waals surface area (Å²) >= 11 is 0. The summed E-state index contributed by atoms with van der Waals surface area (Å²) in [5, 5.41) is 8.70. The highest BCUT2D eigenvalue weighted by atomic mass is 19.1. The van der Waals surface area contributed by atoms with Crippen molar-refractivity contribution >= 4 is 5.97 Å². The fourth-order valence-electron chi connectivity index (χ4n) is 2.06. The first-order valence-electron chi connectivity index (χ1n) is 6.21. The van der Waals surface area contributed by atoms with Gasteiger partial charge >= 0.3 is 5.97 Å². The molecule has 0 unspecified atom stereocenters. The Bertz CT molecular complexity index is 621. The third-order valence-corrected chi connectivity index (χ3v) is 2.95. The van der Waals surface area contributed by atoms with Gasteiger partial charge in [0.2, 0.25) is 0 Å². The lowest BCUT2D eigenvalue weighted by molar-refractivity contribution is -0.138. The molecule has 1 N–H and O–H groups in total. The van der Waals surface area contributed by atoms with Crippen LogP contribution < -0.4 is 0 Å². The average Bonchev–Trinajstić information content (AvgIpc) is 2.75. The number of carboxylic acid groups (broad SMARTS) is 1. The Balaban J connectivity index is 2.14. The van der Waals surface area contributed by atoms with Crippen molar-refractivity contribution < 1.29 is 18.7 Å². The molecule has 0 aliphatic heterocycles. The predicted molar refractivity (Wildman–Crippen MR) is 72.8 cm³/mol. The summed E-state index contributed by atoms with van der Waals surface area (Å²) < 4.78 is 18.8. The topological polar surface area (TPSA) is 53.7 Å². The van der Waals surface area contributed by atoms with Crippen LogP contribution in [0.1, 0.15) is 11.3 Å². The van der Waals surface area contributed by atoms with E-state index in [9.17, 15) is 9.18 Å². The fraction of sp³-hybridized carbons (Fsp3) is 0.267. The minimum Gasteiger partial charge on any atom is -0.480 e. The lowest BCUT2D eigenvalue weighted by Crippen LogP contribution is -2.24. The first-order chi connectivity index (χ1) is 9.45. The second-order valence-corrected chi connectivity index (χ2v) is 4.79. The van der Waals surface area contributed by atoms with E-state index in [4.69, 9.17) is 9.52 Å². The number of hydrogen-bond donors (Lipinski definition) is 1. The lowest BCUT2D eigenvalue weighted by atomic mass is 10.1. The number of likely N-dealkylation sites (N-methyl/N-ethyl adjacent to an activating group) is 1. The van der Waals surface area contributed by atoms with Crippen LogP contribution in [-0.2, 0) is 11.3 Å². The third-order valence-electron chi connectivity index (χ3n) is 2.95. The molecule has 0 saturated heterocycles. The minimum absolute atomic E-state index is 0.0500. The molecule has 5 heteroatoms. The van der Waals surface area contributed by atoms with Gasteiger partial charge in [-0.05, 0) is 49.9 Å². The molecular formula is C15H16FNO3. The van der Waals surface area contributed by atoms with Crippen molar-refractivity contribution in [3.8, 4) is 11.3 Å². The van der Waals surface area contributed by atoms with Gasteiger partial charge in [0.25, 0.3) is 0 Å². The molecule has 0 spiro atoms. The number of rotatable bonds is 5. The van der Waals surface area contributed by atoms with Crippen molar-refractivity contribution in [2.45, 2.75) is 13.5 Å². The van der Waals surface area contributed by atoms with Crippen LogP contribution >= 0.6 is 0 Å². The van der Waals surface area contributed by atoms with Gasteiger partial charge in [0.15, 0.2) is 0 Å². The Hall–Kier alpha value is -2.14. The first kappa shape index (κ1) is 14.3. The summed E-state index contributed by atoms with van der Waals surface area (Å²) in [4.78, 5) is 12.2. The van der Waals surface area contributed by atoms with E-state index >= 15 is 0 Å². The van der Waals surface area contributed by atoms with Crippen LogP contribution in [0.25, 0.3) is 11.3 Å². The zero-order valence-electron chi connectivity index (χ0n) is 11.4. The zero-order chi connectivity index (χ0) is 14.7. The van der Waals surface area contributed by atoms with Crippen LogP contribution in [-0.4, -0.2) is 29.6 Å². The molecule has 0 radical (unpaired) electrons. The number of aliphatic carboxylic acids is 1. The lowest BCUT2D eigenvalue weighted by Gasteiger charge is -2.11. The van der Waals surface area contributed by atoms with Crippen LogP contribution in [0.2, 0.25) is 0 Å². The molecule has 1 heterocycles. The van der Waals surface area contributed by atoms with Crippen LogP contribution in [0.15, 0.2) is 34.7 Å². The largest absolute Gasteiger partial charge is 0.480 e. The fourth-order valence-corrected chi connectivity index (χ4v) is 2.06. The van der Waals surface area contributed by atoms with Crippen LogP contribution in [0.3, 0.4) is 0 Å². The van der Waals surface area contributed by atoms with Gasteiger partial charge in [-0.1, -0.05) is 0 Å². The smallest absolute Gasteiger partial charge is 0.317 e. The minimum atomic E-state index is -0.881. The maximum absolute atomic E-state index is 13.1. The summed E-state index contributed by atoms with van der Waals surface area (Å²) in [6.07, 6.45) is 0. The predicted octanol–water partition coefficient (Wildman–Crippen LogP) is 2.91. The Kier molecular flexibility index (Phi) is 4.20. The van der Waals surface area contributed by atoms with E-state index in [-0.39, 0.29) is 12.4 Å². The van der Waals surface area contributed by atoms with Gasteiger partial charge in [-0.3, -0.25) is 9.69 Å². The van der Waals surface area contributed by atoms with Crippen LogP contribution in [0, 0.1) is 12.7 Å². The Morgan fingerprint density at radius 2 is 2.10 bits per heavy atom. The quantitative estimate of drug-likeness (QED) is 0.913. The number of hydrogen-bond acceptors (Lipinski definition) is 3. The molecule has 0 aliphatic carbocycles.